The minimum Gasteiger partial charge on any atom is -0.392 e. The quantitative estimate of drug-likeness (QED) is 0.573. The molecule has 0 rings (SSSR count). The molecule has 1 unspecified atom stereocenters. The first kappa shape index (κ1) is 12.9. The van der Waals surface area contributed by atoms with Gasteiger partial charge in [-0.05, 0) is 39.5 Å². The molecule has 0 spiro atoms. The highest BCUT2D eigenvalue weighted by Gasteiger charge is 2.07. The van der Waals surface area contributed by atoms with Gasteiger partial charge >= 0.3 is 0 Å². The van der Waals surface area contributed by atoms with Crippen molar-refractivity contribution in [3.05, 3.63) is 0 Å². The molecule has 0 saturated carbocycles. The Kier molecular flexibility index (Phi) is 7.23. The molecular weight excluding hydrogens is 164 g/mol. The van der Waals surface area contributed by atoms with Crippen LogP contribution in [0.1, 0.15) is 20.3 Å². The molecule has 0 aliphatic rings. The number of nitrogens with one attached hydrogen (secondary N) is 1. The minimum atomic E-state index is -0.209. The molecule has 0 fully saturated rings. The van der Waals surface area contributed by atoms with Crippen molar-refractivity contribution in [1.82, 2.24) is 10.2 Å². The zero-order valence-electron chi connectivity index (χ0n) is 9.38. The van der Waals surface area contributed by atoms with Gasteiger partial charge in [0.2, 0.25) is 0 Å². The lowest BCUT2D eigenvalue weighted by Crippen LogP contribution is -2.32. The van der Waals surface area contributed by atoms with Gasteiger partial charge in [-0.15, -0.1) is 0 Å². The summed E-state index contributed by atoms with van der Waals surface area (Å²) in [5.41, 5.74) is 0. The molecule has 0 aliphatic carbocycles. The topological polar surface area (TPSA) is 35.5 Å². The van der Waals surface area contributed by atoms with Crippen LogP contribution in [-0.2, 0) is 0 Å². The molecular formula is C10H24N2O. The average molecular weight is 188 g/mol. The first-order chi connectivity index (χ1) is 6.04. The maximum atomic E-state index is 9.46. The van der Waals surface area contributed by atoms with Crippen LogP contribution in [0, 0.1) is 5.92 Å². The Labute approximate surface area is 82.1 Å². The van der Waals surface area contributed by atoms with E-state index in [4.69, 9.17) is 0 Å². The minimum absolute atomic E-state index is 0.209. The van der Waals surface area contributed by atoms with E-state index in [1.807, 2.05) is 13.8 Å². The van der Waals surface area contributed by atoms with Crippen molar-refractivity contribution in [2.45, 2.75) is 26.4 Å². The largest absolute Gasteiger partial charge is 0.392 e. The number of rotatable bonds is 7. The first-order valence-electron chi connectivity index (χ1n) is 5.07. The van der Waals surface area contributed by atoms with Gasteiger partial charge in [-0.3, -0.25) is 0 Å². The highest BCUT2D eigenvalue weighted by atomic mass is 16.3. The normalized spacial score (nSPS) is 14.1. The fourth-order valence-corrected chi connectivity index (χ4v) is 1.01. The molecule has 0 heterocycles. The molecule has 0 bridgehead atoms. The van der Waals surface area contributed by atoms with Crippen molar-refractivity contribution in [3.63, 3.8) is 0 Å². The fourth-order valence-electron chi connectivity index (χ4n) is 1.01. The van der Waals surface area contributed by atoms with Gasteiger partial charge in [-0.1, -0.05) is 13.8 Å². The average Bonchev–Trinajstić information content (AvgIpc) is 2.02. The second kappa shape index (κ2) is 7.30. The molecule has 0 radical (unpaired) electrons. The Morgan fingerprint density at radius 3 is 2.38 bits per heavy atom. The summed E-state index contributed by atoms with van der Waals surface area (Å²) in [6.07, 6.45) is 0.928. The highest BCUT2D eigenvalue weighted by Crippen LogP contribution is 1.98. The van der Waals surface area contributed by atoms with Crippen molar-refractivity contribution < 1.29 is 5.11 Å². The molecule has 13 heavy (non-hydrogen) atoms. The van der Waals surface area contributed by atoms with E-state index in [2.05, 4.69) is 24.3 Å². The molecule has 3 heteroatoms. The molecule has 0 amide bonds. The molecule has 3 nitrogen and oxygen atoms in total. The molecule has 2 N–H and O–H groups in total. The van der Waals surface area contributed by atoms with Gasteiger partial charge in [0.1, 0.15) is 0 Å². The van der Waals surface area contributed by atoms with Gasteiger partial charge in [-0.2, -0.15) is 0 Å². The van der Waals surface area contributed by atoms with E-state index < -0.39 is 0 Å². The van der Waals surface area contributed by atoms with E-state index >= 15 is 0 Å². The second-order valence-electron chi connectivity index (χ2n) is 4.17. The molecule has 0 saturated heterocycles. The standard InChI is InChI=1S/C10H24N2O/c1-9(2)10(13)8-11-6-5-7-12(3)4/h9-11,13H,5-8H2,1-4H3. The van der Waals surface area contributed by atoms with Crippen molar-refractivity contribution in [2.75, 3.05) is 33.7 Å². The van der Waals surface area contributed by atoms with E-state index in [0.717, 1.165) is 19.5 Å². The molecule has 80 valence electrons. The highest BCUT2D eigenvalue weighted by molar-refractivity contribution is 4.63. The number of nitrogens with zero attached hydrogens (tertiary/aromatic N) is 1. The van der Waals surface area contributed by atoms with E-state index in [9.17, 15) is 5.11 Å². The van der Waals surface area contributed by atoms with Crippen molar-refractivity contribution in [1.29, 1.82) is 0 Å². The summed E-state index contributed by atoms with van der Waals surface area (Å²) in [7, 11) is 4.14. The maximum Gasteiger partial charge on any atom is 0.0687 e. The third-order valence-electron chi connectivity index (χ3n) is 2.08. The van der Waals surface area contributed by atoms with E-state index in [0.29, 0.717) is 12.5 Å². The summed E-state index contributed by atoms with van der Waals surface area (Å²) < 4.78 is 0. The fraction of sp³-hybridized carbons (Fsp3) is 1.00. The monoisotopic (exact) mass is 188 g/mol. The van der Waals surface area contributed by atoms with Crippen LogP contribution in [-0.4, -0.2) is 49.8 Å². The zero-order valence-corrected chi connectivity index (χ0v) is 9.38. The van der Waals surface area contributed by atoms with Crippen LogP contribution in [0.2, 0.25) is 0 Å². The summed E-state index contributed by atoms with van der Waals surface area (Å²) in [5, 5.41) is 12.7. The van der Waals surface area contributed by atoms with Crippen molar-refractivity contribution in [2.24, 2.45) is 5.92 Å². The molecule has 0 aromatic carbocycles. The van der Waals surface area contributed by atoms with Gasteiger partial charge in [0, 0.05) is 6.54 Å². The van der Waals surface area contributed by atoms with E-state index in [-0.39, 0.29) is 6.10 Å². The molecule has 1 atom stereocenters. The maximum absolute atomic E-state index is 9.46. The van der Waals surface area contributed by atoms with Crippen molar-refractivity contribution >= 4 is 0 Å². The van der Waals surface area contributed by atoms with Gasteiger partial charge in [0.05, 0.1) is 6.10 Å². The third kappa shape index (κ3) is 8.22. The third-order valence-corrected chi connectivity index (χ3v) is 2.08. The summed E-state index contributed by atoms with van der Waals surface area (Å²) in [6, 6.07) is 0. The number of hydrogen-bond donors (Lipinski definition) is 2. The Morgan fingerprint density at radius 1 is 1.31 bits per heavy atom. The second-order valence-corrected chi connectivity index (χ2v) is 4.17. The Balaban J connectivity index is 3.16. The molecule has 0 aliphatic heterocycles. The van der Waals surface area contributed by atoms with E-state index in [1.54, 1.807) is 0 Å². The first-order valence-corrected chi connectivity index (χ1v) is 5.07. The van der Waals surface area contributed by atoms with Gasteiger partial charge in [0.25, 0.3) is 0 Å². The van der Waals surface area contributed by atoms with Crippen LogP contribution < -0.4 is 5.32 Å². The lowest BCUT2D eigenvalue weighted by molar-refractivity contribution is 0.123. The summed E-state index contributed by atoms with van der Waals surface area (Å²) in [6.45, 7) is 6.87. The molecule has 0 aromatic heterocycles. The lowest BCUT2D eigenvalue weighted by atomic mass is 10.1. The Hall–Kier alpha value is -0.120. The van der Waals surface area contributed by atoms with Gasteiger partial charge < -0.3 is 15.3 Å². The summed E-state index contributed by atoms with van der Waals surface area (Å²) in [4.78, 5) is 2.17. The number of hydrogen-bond acceptors (Lipinski definition) is 3. The predicted molar refractivity (Wildman–Crippen MR) is 56.9 cm³/mol. The zero-order chi connectivity index (χ0) is 10.3. The Morgan fingerprint density at radius 2 is 1.92 bits per heavy atom. The van der Waals surface area contributed by atoms with E-state index in [1.165, 1.54) is 0 Å². The van der Waals surface area contributed by atoms with Crippen LogP contribution >= 0.6 is 0 Å². The summed E-state index contributed by atoms with van der Waals surface area (Å²) >= 11 is 0. The van der Waals surface area contributed by atoms with Crippen LogP contribution in [0.15, 0.2) is 0 Å². The van der Waals surface area contributed by atoms with Crippen LogP contribution in [0.5, 0.6) is 0 Å². The number of aliphatic hydroxyl groups is 1. The van der Waals surface area contributed by atoms with Gasteiger partial charge in [0.15, 0.2) is 0 Å². The number of aliphatic hydroxyl groups excluding tert-OH is 1. The predicted octanol–water partition coefficient (Wildman–Crippen LogP) is 0.545. The molecule has 0 aromatic rings. The SMILES string of the molecule is CC(C)C(O)CNCCCN(C)C. The van der Waals surface area contributed by atoms with Crippen LogP contribution in [0.25, 0.3) is 0 Å². The van der Waals surface area contributed by atoms with Crippen LogP contribution in [0.4, 0.5) is 0 Å². The lowest BCUT2D eigenvalue weighted by Gasteiger charge is -2.15. The summed E-state index contributed by atoms with van der Waals surface area (Å²) in [5.74, 6) is 0.348. The smallest absolute Gasteiger partial charge is 0.0687 e. The Bertz CT molecular complexity index is 115. The van der Waals surface area contributed by atoms with Gasteiger partial charge in [-0.25, -0.2) is 0 Å². The van der Waals surface area contributed by atoms with Crippen molar-refractivity contribution in [3.8, 4) is 0 Å². The van der Waals surface area contributed by atoms with Crippen LogP contribution in [0.3, 0.4) is 0 Å².